The smallest absolute Gasteiger partial charge is 0.180 e. The fourth-order valence-corrected chi connectivity index (χ4v) is 3.46. The van der Waals surface area contributed by atoms with E-state index in [1.54, 1.807) is 11.3 Å². The summed E-state index contributed by atoms with van der Waals surface area (Å²) in [5, 5.41) is 0.707. The van der Waals surface area contributed by atoms with Crippen molar-refractivity contribution in [2.45, 2.75) is 19.8 Å². The molecule has 0 unspecified atom stereocenters. The van der Waals surface area contributed by atoms with Gasteiger partial charge in [-0.3, -0.25) is 9.88 Å². The van der Waals surface area contributed by atoms with Crippen molar-refractivity contribution in [3.8, 4) is 0 Å². The predicted octanol–water partition coefficient (Wildman–Crippen LogP) is 2.54. The summed E-state index contributed by atoms with van der Waals surface area (Å²) in [7, 11) is 0. The number of hydrogen-bond acceptors (Lipinski definition) is 5. The Labute approximate surface area is 129 Å². The first kappa shape index (κ1) is 14.2. The lowest BCUT2D eigenvalue weighted by Crippen LogP contribution is -2.26. The zero-order valence-corrected chi connectivity index (χ0v) is 13.1. The lowest BCUT2D eigenvalue weighted by molar-refractivity contribution is 0.318. The van der Waals surface area contributed by atoms with Crippen molar-refractivity contribution in [2.75, 3.05) is 25.4 Å². The van der Waals surface area contributed by atoms with Gasteiger partial charge in [0.2, 0.25) is 0 Å². The molecule has 0 saturated heterocycles. The van der Waals surface area contributed by atoms with Crippen molar-refractivity contribution in [1.29, 1.82) is 0 Å². The zero-order valence-electron chi connectivity index (χ0n) is 12.2. The van der Waals surface area contributed by atoms with Crippen molar-refractivity contribution in [3.63, 3.8) is 0 Å². The minimum atomic E-state index is 0.707. The second-order valence-electron chi connectivity index (χ2n) is 5.33. The highest BCUT2D eigenvalue weighted by Crippen LogP contribution is 2.24. The number of nitrogens with zero attached hydrogens (tertiary/aromatic N) is 3. The van der Waals surface area contributed by atoms with Gasteiger partial charge in [0.05, 0.1) is 11.4 Å². The number of thiazole rings is 1. The average molecular weight is 300 g/mol. The largest absolute Gasteiger partial charge is 0.375 e. The van der Waals surface area contributed by atoms with Gasteiger partial charge in [0, 0.05) is 36.6 Å². The molecule has 0 aliphatic carbocycles. The molecule has 0 radical (unpaired) electrons. The first-order valence-electron chi connectivity index (χ1n) is 7.27. The van der Waals surface area contributed by atoms with Crippen LogP contribution in [0.1, 0.15) is 22.0 Å². The summed E-state index contributed by atoms with van der Waals surface area (Å²) in [6.07, 6.45) is 6.35. The van der Waals surface area contributed by atoms with Gasteiger partial charge >= 0.3 is 0 Å². The first-order valence-corrected chi connectivity index (χ1v) is 8.09. The summed E-state index contributed by atoms with van der Waals surface area (Å²) in [6.45, 7) is 5.09. The van der Waals surface area contributed by atoms with E-state index in [0.717, 1.165) is 43.9 Å². The molecule has 3 heterocycles. The second-order valence-corrected chi connectivity index (χ2v) is 6.44. The van der Waals surface area contributed by atoms with Crippen molar-refractivity contribution in [3.05, 3.63) is 46.2 Å². The molecule has 110 valence electrons. The van der Waals surface area contributed by atoms with Crippen molar-refractivity contribution in [2.24, 2.45) is 0 Å². The second kappa shape index (κ2) is 6.37. The lowest BCUT2D eigenvalue weighted by Gasteiger charge is -2.17. The molecule has 4 nitrogen and oxygen atoms in total. The summed E-state index contributed by atoms with van der Waals surface area (Å²) in [5.41, 5.74) is 9.06. The fraction of sp³-hybridized carbons (Fsp3) is 0.375. The topological polar surface area (TPSA) is 55.0 Å². The Morgan fingerprint density at radius 3 is 3.00 bits per heavy atom. The third-order valence-electron chi connectivity index (χ3n) is 3.68. The highest BCUT2D eigenvalue weighted by atomic mass is 32.1. The van der Waals surface area contributed by atoms with Crippen LogP contribution in [0.2, 0.25) is 0 Å². The Morgan fingerprint density at radius 1 is 1.29 bits per heavy atom. The maximum Gasteiger partial charge on any atom is 0.180 e. The highest BCUT2D eigenvalue weighted by Gasteiger charge is 2.16. The van der Waals surface area contributed by atoms with Gasteiger partial charge in [0.25, 0.3) is 0 Å². The Kier molecular flexibility index (Phi) is 4.31. The van der Waals surface area contributed by atoms with Crippen LogP contribution in [0.3, 0.4) is 0 Å². The van der Waals surface area contributed by atoms with Gasteiger partial charge in [-0.1, -0.05) is 12.1 Å². The van der Waals surface area contributed by atoms with Crippen molar-refractivity contribution in [1.82, 2.24) is 14.9 Å². The van der Waals surface area contributed by atoms with E-state index >= 15 is 0 Å². The third-order valence-corrected chi connectivity index (χ3v) is 4.66. The number of nitrogen functional groups attached to an aromatic ring is 1. The molecule has 2 N–H and O–H groups in total. The number of pyridine rings is 1. The van der Waals surface area contributed by atoms with E-state index in [-0.39, 0.29) is 0 Å². The zero-order chi connectivity index (χ0) is 14.7. The van der Waals surface area contributed by atoms with Crippen LogP contribution in [-0.4, -0.2) is 34.5 Å². The van der Waals surface area contributed by atoms with Crippen LogP contribution in [0.5, 0.6) is 0 Å². The van der Waals surface area contributed by atoms with Gasteiger partial charge in [-0.2, -0.15) is 0 Å². The van der Waals surface area contributed by atoms with Crippen LogP contribution in [0.4, 0.5) is 5.13 Å². The van der Waals surface area contributed by atoms with Gasteiger partial charge in [-0.15, -0.1) is 11.3 Å². The molecule has 0 amide bonds. The van der Waals surface area contributed by atoms with Crippen LogP contribution in [0.15, 0.2) is 24.3 Å². The molecule has 0 fully saturated rings. The molecule has 1 aliphatic heterocycles. The fourth-order valence-electron chi connectivity index (χ4n) is 2.59. The van der Waals surface area contributed by atoms with Gasteiger partial charge in [0.1, 0.15) is 0 Å². The molecule has 5 heteroatoms. The minimum absolute atomic E-state index is 0.707. The summed E-state index contributed by atoms with van der Waals surface area (Å²) in [6, 6.07) is 6.10. The van der Waals surface area contributed by atoms with Gasteiger partial charge in [-0.05, 0) is 31.6 Å². The molecule has 0 aromatic carbocycles. The number of anilines is 1. The van der Waals surface area contributed by atoms with E-state index in [9.17, 15) is 0 Å². The van der Waals surface area contributed by atoms with Gasteiger partial charge in [-0.25, -0.2) is 4.98 Å². The molecule has 21 heavy (non-hydrogen) atoms. The predicted molar refractivity (Wildman–Crippen MR) is 88.4 cm³/mol. The number of rotatable bonds is 3. The molecule has 0 saturated carbocycles. The first-order chi connectivity index (χ1) is 10.2. The van der Waals surface area contributed by atoms with Crippen LogP contribution < -0.4 is 5.73 Å². The Morgan fingerprint density at radius 2 is 2.14 bits per heavy atom. The van der Waals surface area contributed by atoms with Gasteiger partial charge < -0.3 is 5.73 Å². The third kappa shape index (κ3) is 3.68. The van der Waals surface area contributed by atoms with E-state index in [4.69, 9.17) is 5.73 Å². The number of fused-ring (bicyclic) bond motifs is 1. The Balaban J connectivity index is 1.56. The van der Waals surface area contributed by atoms with E-state index in [2.05, 4.69) is 27.0 Å². The highest BCUT2D eigenvalue weighted by molar-refractivity contribution is 7.15. The molecule has 0 spiro atoms. The molecule has 2 aromatic heterocycles. The average Bonchev–Trinajstić information content (AvgIpc) is 2.71. The molecule has 0 bridgehead atoms. The van der Waals surface area contributed by atoms with Crippen LogP contribution in [0.25, 0.3) is 6.08 Å². The number of aryl methyl sites for hydroxylation is 1. The maximum absolute atomic E-state index is 5.78. The summed E-state index contributed by atoms with van der Waals surface area (Å²) >= 11 is 1.64. The van der Waals surface area contributed by atoms with Crippen LogP contribution >= 0.6 is 11.3 Å². The lowest BCUT2D eigenvalue weighted by atomic mass is 10.2. The normalized spacial score (nSPS) is 16.0. The molecule has 3 rings (SSSR count). The number of aromatic nitrogens is 2. The van der Waals surface area contributed by atoms with Crippen LogP contribution in [0, 0.1) is 6.92 Å². The van der Waals surface area contributed by atoms with Crippen molar-refractivity contribution < 1.29 is 0 Å². The van der Waals surface area contributed by atoms with E-state index in [1.165, 1.54) is 10.6 Å². The number of nitrogens with two attached hydrogens (primary N) is 1. The minimum Gasteiger partial charge on any atom is -0.375 e. The Bertz CT molecular complexity index is 622. The Hall–Kier alpha value is -1.72. The molecule has 2 aromatic rings. The molecule has 1 aliphatic rings. The van der Waals surface area contributed by atoms with Gasteiger partial charge in [0.15, 0.2) is 5.13 Å². The van der Waals surface area contributed by atoms with E-state index < -0.39 is 0 Å². The summed E-state index contributed by atoms with van der Waals surface area (Å²) in [4.78, 5) is 12.7. The SMILES string of the molecule is Cc1cccc(C=CCN2CCc3nc(N)sc3CC2)n1. The standard InChI is InChI=1S/C16H20N4S/c1-12-4-2-5-13(18-12)6-3-9-20-10-7-14-15(8-11-20)21-16(17)19-14/h2-6H,7-11H2,1H3,(H2,17,19). The molecule has 0 atom stereocenters. The van der Waals surface area contributed by atoms with Crippen LogP contribution in [-0.2, 0) is 12.8 Å². The van der Waals surface area contributed by atoms with Crippen molar-refractivity contribution >= 4 is 22.5 Å². The summed E-state index contributed by atoms with van der Waals surface area (Å²) in [5.74, 6) is 0. The maximum atomic E-state index is 5.78. The van der Waals surface area contributed by atoms with E-state index in [0.29, 0.717) is 5.13 Å². The quantitative estimate of drug-likeness (QED) is 0.946. The molecular formula is C16H20N4S. The molecular weight excluding hydrogens is 280 g/mol. The van der Waals surface area contributed by atoms with E-state index in [1.807, 2.05) is 25.1 Å². The summed E-state index contributed by atoms with van der Waals surface area (Å²) < 4.78 is 0. The number of hydrogen-bond donors (Lipinski definition) is 1. The monoisotopic (exact) mass is 300 g/mol.